The van der Waals surface area contributed by atoms with Crippen molar-refractivity contribution in [1.82, 2.24) is 15.1 Å². The van der Waals surface area contributed by atoms with Gasteiger partial charge in [-0.05, 0) is 23.7 Å². The molecule has 158 valence electrons. The first-order valence-corrected chi connectivity index (χ1v) is 9.83. The van der Waals surface area contributed by atoms with Crippen molar-refractivity contribution in [3.8, 4) is 0 Å². The Morgan fingerprint density at radius 1 is 1.18 bits per heavy atom. The zero-order chi connectivity index (χ0) is 21.2. The number of rotatable bonds is 3. The minimum atomic E-state index is -1.38. The maximum absolute atomic E-state index is 13.7. The monoisotopic (exact) mass is 397 g/mol. The van der Waals surface area contributed by atoms with Crippen LogP contribution in [0.1, 0.15) is 41.5 Å². The number of carbonyl (C=O) groups excluding carboxylic acids is 3. The second-order valence-corrected chi connectivity index (χ2v) is 10.4. The maximum atomic E-state index is 13.7. The molecule has 0 unspecified atom stereocenters. The fourth-order valence-corrected chi connectivity index (χ4v) is 4.83. The number of piperidine rings is 1. The lowest BCUT2D eigenvalue weighted by Crippen LogP contribution is -2.65. The van der Waals surface area contributed by atoms with Crippen LogP contribution in [-0.2, 0) is 14.3 Å². The van der Waals surface area contributed by atoms with Crippen LogP contribution >= 0.6 is 0 Å². The number of alkyl halides is 1. The molecule has 1 saturated carbocycles. The number of esters is 1. The van der Waals surface area contributed by atoms with Crippen molar-refractivity contribution in [2.75, 3.05) is 26.7 Å². The average molecular weight is 397 g/mol. The van der Waals surface area contributed by atoms with Gasteiger partial charge in [0, 0.05) is 12.5 Å². The van der Waals surface area contributed by atoms with E-state index in [1.807, 2.05) is 20.8 Å². The Bertz CT molecular complexity index is 692. The van der Waals surface area contributed by atoms with Crippen LogP contribution in [0.25, 0.3) is 0 Å². The van der Waals surface area contributed by atoms with E-state index in [4.69, 9.17) is 4.74 Å². The van der Waals surface area contributed by atoms with Crippen molar-refractivity contribution in [2.45, 2.75) is 59.3 Å². The molecule has 4 atom stereocenters. The lowest BCUT2D eigenvalue weighted by molar-refractivity contribution is -0.154. The summed E-state index contributed by atoms with van der Waals surface area (Å²) in [7, 11) is 1.33. The van der Waals surface area contributed by atoms with Crippen molar-refractivity contribution in [1.29, 1.82) is 0 Å². The van der Waals surface area contributed by atoms with Gasteiger partial charge >= 0.3 is 12.0 Å². The molecule has 2 aliphatic heterocycles. The molecule has 1 N–H and O–H groups in total. The number of fused-ring (bicyclic) bond motifs is 1. The summed E-state index contributed by atoms with van der Waals surface area (Å²) in [5.74, 6) is -0.383. The van der Waals surface area contributed by atoms with Gasteiger partial charge in [-0.1, -0.05) is 34.6 Å². The van der Waals surface area contributed by atoms with E-state index in [-0.39, 0.29) is 36.2 Å². The van der Waals surface area contributed by atoms with Crippen LogP contribution in [0.3, 0.4) is 0 Å². The van der Waals surface area contributed by atoms with Crippen LogP contribution in [0.4, 0.5) is 9.18 Å². The molecule has 0 spiro atoms. The Labute approximate surface area is 165 Å². The summed E-state index contributed by atoms with van der Waals surface area (Å²) in [5, 5.41) is 2.78. The Kier molecular flexibility index (Phi) is 4.71. The molecule has 0 radical (unpaired) electrons. The summed E-state index contributed by atoms with van der Waals surface area (Å²) in [6.45, 7) is 11.7. The summed E-state index contributed by atoms with van der Waals surface area (Å²) in [4.78, 5) is 41.3. The molecule has 2 heterocycles. The predicted octanol–water partition coefficient (Wildman–Crippen LogP) is 1.81. The van der Waals surface area contributed by atoms with Crippen molar-refractivity contribution < 1.29 is 23.5 Å². The van der Waals surface area contributed by atoms with Crippen molar-refractivity contribution >= 4 is 17.9 Å². The van der Waals surface area contributed by atoms with Gasteiger partial charge < -0.3 is 19.9 Å². The number of carbonyl (C=O) groups is 3. The van der Waals surface area contributed by atoms with Gasteiger partial charge in [-0.25, -0.2) is 14.0 Å². The number of likely N-dealkylation sites (tertiary alicyclic amines) is 2. The largest absolute Gasteiger partial charge is 0.467 e. The van der Waals surface area contributed by atoms with Gasteiger partial charge in [0.1, 0.15) is 17.8 Å². The third kappa shape index (κ3) is 3.35. The molecule has 0 aromatic carbocycles. The van der Waals surface area contributed by atoms with Crippen LogP contribution in [0.5, 0.6) is 0 Å². The molecule has 3 aliphatic rings. The molecule has 3 amide bonds. The molecule has 28 heavy (non-hydrogen) atoms. The van der Waals surface area contributed by atoms with Crippen molar-refractivity contribution in [2.24, 2.45) is 22.7 Å². The number of hydrogen-bond acceptors (Lipinski definition) is 4. The molecular weight excluding hydrogens is 365 g/mol. The Morgan fingerprint density at radius 3 is 2.21 bits per heavy atom. The minimum Gasteiger partial charge on any atom is -0.467 e. The standard InChI is InChI=1S/C20H32FN3O4/c1-18(2,3)14(22-17(27)23-9-20(6,21)10-23)15(25)24-8-11-12(19(11,4)5)13(24)16(26)28-7/h11-14H,8-10H2,1-7H3,(H,22,27)/t11-,12-,13-,14+/m0/s1. The molecule has 7 nitrogen and oxygen atoms in total. The summed E-state index contributed by atoms with van der Waals surface area (Å²) in [5.41, 5.74) is -1.95. The summed E-state index contributed by atoms with van der Waals surface area (Å²) in [6, 6.07) is -1.90. The second-order valence-electron chi connectivity index (χ2n) is 10.4. The summed E-state index contributed by atoms with van der Waals surface area (Å²) >= 11 is 0. The van der Waals surface area contributed by atoms with E-state index < -0.39 is 35.2 Å². The Morgan fingerprint density at radius 2 is 1.75 bits per heavy atom. The number of amides is 3. The molecule has 1 aliphatic carbocycles. The molecule has 0 aromatic rings. The highest BCUT2D eigenvalue weighted by Gasteiger charge is 2.70. The van der Waals surface area contributed by atoms with E-state index in [9.17, 15) is 18.8 Å². The predicted molar refractivity (Wildman–Crippen MR) is 101 cm³/mol. The molecule has 8 heteroatoms. The van der Waals surface area contributed by atoms with E-state index in [1.165, 1.54) is 18.9 Å². The fraction of sp³-hybridized carbons (Fsp3) is 0.850. The van der Waals surface area contributed by atoms with E-state index in [0.29, 0.717) is 6.54 Å². The number of nitrogens with one attached hydrogen (secondary N) is 1. The fourth-order valence-electron chi connectivity index (χ4n) is 4.83. The van der Waals surface area contributed by atoms with E-state index in [1.54, 1.807) is 4.90 Å². The molecule has 3 rings (SSSR count). The van der Waals surface area contributed by atoms with Gasteiger partial charge in [0.15, 0.2) is 0 Å². The summed E-state index contributed by atoms with van der Waals surface area (Å²) in [6.07, 6.45) is 0. The van der Waals surface area contributed by atoms with E-state index >= 15 is 0 Å². The number of urea groups is 1. The topological polar surface area (TPSA) is 79.0 Å². The van der Waals surface area contributed by atoms with Gasteiger partial charge in [0.2, 0.25) is 5.91 Å². The molecule has 3 fully saturated rings. The number of nitrogens with zero attached hydrogens (tertiary/aromatic N) is 2. The quantitative estimate of drug-likeness (QED) is 0.737. The lowest BCUT2D eigenvalue weighted by atomic mass is 9.85. The highest BCUT2D eigenvalue weighted by Crippen LogP contribution is 2.65. The SMILES string of the molecule is COC(=O)[C@@H]1[C@@H]2[C@H](CN1C(=O)[C@@H](NC(=O)N1CC(C)(F)C1)C(C)(C)C)C2(C)C. The highest BCUT2D eigenvalue weighted by molar-refractivity contribution is 5.92. The number of methoxy groups -OCH3 is 1. The molecule has 2 saturated heterocycles. The number of ether oxygens (including phenoxy) is 1. The highest BCUT2D eigenvalue weighted by atomic mass is 19.1. The van der Waals surface area contributed by atoms with E-state index in [0.717, 1.165) is 0 Å². The smallest absolute Gasteiger partial charge is 0.328 e. The first-order valence-electron chi connectivity index (χ1n) is 9.83. The Balaban J connectivity index is 1.77. The van der Waals surface area contributed by atoms with Crippen molar-refractivity contribution in [3.63, 3.8) is 0 Å². The molecular formula is C20H32FN3O4. The minimum absolute atomic E-state index is 0.000665. The summed E-state index contributed by atoms with van der Waals surface area (Å²) < 4.78 is 18.7. The van der Waals surface area contributed by atoms with Crippen LogP contribution in [0.2, 0.25) is 0 Å². The van der Waals surface area contributed by atoms with E-state index in [2.05, 4.69) is 19.2 Å². The zero-order valence-electron chi connectivity index (χ0n) is 17.8. The van der Waals surface area contributed by atoms with Gasteiger partial charge in [-0.2, -0.15) is 0 Å². The molecule has 0 aromatic heterocycles. The maximum Gasteiger partial charge on any atom is 0.328 e. The third-order valence-corrected chi connectivity index (χ3v) is 6.64. The third-order valence-electron chi connectivity index (χ3n) is 6.64. The second kappa shape index (κ2) is 6.32. The van der Waals surface area contributed by atoms with Crippen LogP contribution < -0.4 is 5.32 Å². The van der Waals surface area contributed by atoms with Gasteiger partial charge in [0.25, 0.3) is 0 Å². The van der Waals surface area contributed by atoms with Gasteiger partial charge in [0.05, 0.1) is 20.2 Å². The van der Waals surface area contributed by atoms with Crippen molar-refractivity contribution in [3.05, 3.63) is 0 Å². The first-order chi connectivity index (χ1) is 12.7. The molecule has 0 bridgehead atoms. The van der Waals surface area contributed by atoms with Gasteiger partial charge in [-0.3, -0.25) is 4.79 Å². The number of hydrogen-bond donors (Lipinski definition) is 1. The first kappa shape index (κ1) is 20.9. The number of halogens is 1. The van der Waals surface area contributed by atoms with Crippen LogP contribution in [0, 0.1) is 22.7 Å². The lowest BCUT2D eigenvalue weighted by Gasteiger charge is -2.44. The Hall–Kier alpha value is -1.86. The normalized spacial score (nSPS) is 30.8. The van der Waals surface area contributed by atoms with Crippen LogP contribution in [-0.4, -0.2) is 72.2 Å². The van der Waals surface area contributed by atoms with Crippen LogP contribution in [0.15, 0.2) is 0 Å². The van der Waals surface area contributed by atoms with Gasteiger partial charge in [-0.15, -0.1) is 0 Å². The average Bonchev–Trinajstić information content (AvgIpc) is 2.92. The zero-order valence-corrected chi connectivity index (χ0v) is 17.8.